The van der Waals surface area contributed by atoms with Gasteiger partial charge in [-0.15, -0.1) is 0 Å². The Kier molecular flexibility index (Phi) is 4.54. The van der Waals surface area contributed by atoms with Gasteiger partial charge in [0.15, 0.2) is 0 Å². The first-order chi connectivity index (χ1) is 7.84. The summed E-state index contributed by atoms with van der Waals surface area (Å²) < 4.78 is 5.13. The molecule has 3 nitrogen and oxygen atoms in total. The Morgan fingerprint density at radius 2 is 2.00 bits per heavy atom. The summed E-state index contributed by atoms with van der Waals surface area (Å²) in [5.74, 6) is 0.755. The Hall–Kier alpha value is -1.06. The molecule has 0 aliphatic rings. The summed E-state index contributed by atoms with van der Waals surface area (Å²) in [7, 11) is 1.62. The highest BCUT2D eigenvalue weighted by Gasteiger charge is 2.24. The van der Waals surface area contributed by atoms with E-state index in [0.29, 0.717) is 6.42 Å². The van der Waals surface area contributed by atoms with Gasteiger partial charge in [0.05, 0.1) is 13.2 Å². The van der Waals surface area contributed by atoms with Gasteiger partial charge < -0.3 is 15.6 Å². The van der Waals surface area contributed by atoms with Crippen LogP contribution < -0.4 is 10.5 Å². The van der Waals surface area contributed by atoms with E-state index in [1.807, 2.05) is 24.3 Å². The Bertz CT molecular complexity index is 357. The topological polar surface area (TPSA) is 55.5 Å². The van der Waals surface area contributed by atoms with Crippen LogP contribution in [0.4, 0.5) is 0 Å². The summed E-state index contributed by atoms with van der Waals surface area (Å²) >= 11 is 0. The molecule has 96 valence electrons. The Labute approximate surface area is 104 Å². The van der Waals surface area contributed by atoms with Crippen molar-refractivity contribution in [2.75, 3.05) is 7.11 Å². The van der Waals surface area contributed by atoms with Gasteiger partial charge in [0, 0.05) is 6.04 Å². The van der Waals surface area contributed by atoms with E-state index in [2.05, 4.69) is 20.8 Å². The highest BCUT2D eigenvalue weighted by atomic mass is 16.5. The van der Waals surface area contributed by atoms with Crippen LogP contribution in [0, 0.1) is 5.41 Å². The number of benzene rings is 1. The molecular formula is C14H23NO2. The highest BCUT2D eigenvalue weighted by Crippen LogP contribution is 2.27. The maximum absolute atomic E-state index is 10.1. The quantitative estimate of drug-likeness (QED) is 0.846. The zero-order valence-corrected chi connectivity index (χ0v) is 11.1. The van der Waals surface area contributed by atoms with Crippen molar-refractivity contribution in [1.29, 1.82) is 0 Å². The van der Waals surface area contributed by atoms with Crippen molar-refractivity contribution in [1.82, 2.24) is 0 Å². The molecule has 0 aliphatic heterocycles. The second-order valence-corrected chi connectivity index (χ2v) is 5.50. The second-order valence-electron chi connectivity index (χ2n) is 5.50. The fourth-order valence-electron chi connectivity index (χ4n) is 1.58. The average molecular weight is 237 g/mol. The number of nitrogens with two attached hydrogens (primary N) is 1. The smallest absolute Gasteiger partial charge is 0.119 e. The van der Waals surface area contributed by atoms with Gasteiger partial charge in [-0.05, 0) is 29.5 Å². The number of hydrogen-bond acceptors (Lipinski definition) is 3. The molecule has 0 radical (unpaired) electrons. The van der Waals surface area contributed by atoms with Crippen LogP contribution in [0.3, 0.4) is 0 Å². The molecule has 0 bridgehead atoms. The van der Waals surface area contributed by atoms with Crippen molar-refractivity contribution in [2.45, 2.75) is 39.3 Å². The first kappa shape index (κ1) is 14.0. The monoisotopic (exact) mass is 237 g/mol. The second kappa shape index (κ2) is 5.52. The lowest BCUT2D eigenvalue weighted by Crippen LogP contribution is -2.36. The largest absolute Gasteiger partial charge is 0.497 e. The molecule has 0 fully saturated rings. The standard InChI is InChI=1S/C14H23NO2/c1-14(2,3)13(15)9-12(16)10-6-5-7-11(8-10)17-4/h5-8,12-13,16H,9,15H2,1-4H3/t12-,13-/m0/s1. The average Bonchev–Trinajstić information content (AvgIpc) is 2.27. The molecule has 0 spiro atoms. The van der Waals surface area contributed by atoms with Crippen LogP contribution in [0.2, 0.25) is 0 Å². The lowest BCUT2D eigenvalue weighted by atomic mass is 9.83. The van der Waals surface area contributed by atoms with Gasteiger partial charge in [0.2, 0.25) is 0 Å². The summed E-state index contributed by atoms with van der Waals surface area (Å²) in [6.45, 7) is 6.24. The van der Waals surface area contributed by atoms with Crippen LogP contribution >= 0.6 is 0 Å². The van der Waals surface area contributed by atoms with Gasteiger partial charge in [0.1, 0.15) is 5.75 Å². The van der Waals surface area contributed by atoms with E-state index in [1.165, 1.54) is 0 Å². The third-order valence-corrected chi connectivity index (χ3v) is 3.07. The van der Waals surface area contributed by atoms with Gasteiger partial charge in [0.25, 0.3) is 0 Å². The molecule has 0 heterocycles. The van der Waals surface area contributed by atoms with Crippen LogP contribution in [-0.2, 0) is 0 Å². The minimum Gasteiger partial charge on any atom is -0.497 e. The van der Waals surface area contributed by atoms with Gasteiger partial charge in [-0.3, -0.25) is 0 Å². The fraction of sp³-hybridized carbons (Fsp3) is 0.571. The van der Waals surface area contributed by atoms with Crippen LogP contribution in [-0.4, -0.2) is 18.3 Å². The minimum absolute atomic E-state index is 0.000152. The molecule has 2 atom stereocenters. The van der Waals surface area contributed by atoms with Gasteiger partial charge >= 0.3 is 0 Å². The number of hydrogen-bond donors (Lipinski definition) is 2. The van der Waals surface area contributed by atoms with Crippen LogP contribution in [0.25, 0.3) is 0 Å². The van der Waals surface area contributed by atoms with Crippen molar-refractivity contribution in [3.05, 3.63) is 29.8 Å². The molecule has 1 rings (SSSR count). The zero-order chi connectivity index (χ0) is 13.1. The maximum Gasteiger partial charge on any atom is 0.119 e. The summed E-state index contributed by atoms with van der Waals surface area (Å²) in [5, 5.41) is 10.1. The van der Waals surface area contributed by atoms with E-state index in [4.69, 9.17) is 10.5 Å². The lowest BCUT2D eigenvalue weighted by molar-refractivity contribution is 0.133. The number of aliphatic hydroxyl groups is 1. The summed E-state index contributed by atoms with van der Waals surface area (Å²) in [6.07, 6.45) is 0.00996. The first-order valence-corrected chi connectivity index (χ1v) is 5.92. The third-order valence-electron chi connectivity index (χ3n) is 3.07. The van der Waals surface area contributed by atoms with Gasteiger partial charge in [-0.2, -0.15) is 0 Å². The summed E-state index contributed by atoms with van der Waals surface area (Å²) in [6, 6.07) is 7.44. The summed E-state index contributed by atoms with van der Waals surface area (Å²) in [5.41, 5.74) is 6.92. The van der Waals surface area contributed by atoms with E-state index in [9.17, 15) is 5.11 Å². The Balaban J connectivity index is 2.72. The molecule has 0 aromatic heterocycles. The molecular weight excluding hydrogens is 214 g/mol. The van der Waals surface area contributed by atoms with Crippen molar-refractivity contribution < 1.29 is 9.84 Å². The number of ether oxygens (including phenoxy) is 1. The van der Waals surface area contributed by atoms with Crippen molar-refractivity contribution in [2.24, 2.45) is 11.1 Å². The minimum atomic E-state index is -0.542. The molecule has 3 N–H and O–H groups in total. The fourth-order valence-corrected chi connectivity index (χ4v) is 1.58. The highest BCUT2D eigenvalue weighted by molar-refractivity contribution is 5.29. The predicted molar refractivity (Wildman–Crippen MR) is 70.0 cm³/mol. The first-order valence-electron chi connectivity index (χ1n) is 5.92. The van der Waals surface area contributed by atoms with Crippen molar-refractivity contribution in [3.8, 4) is 5.75 Å². The van der Waals surface area contributed by atoms with Crippen LogP contribution in [0.5, 0.6) is 5.75 Å². The molecule has 1 aromatic carbocycles. The van der Waals surface area contributed by atoms with E-state index < -0.39 is 6.10 Å². The van der Waals surface area contributed by atoms with Crippen molar-refractivity contribution >= 4 is 0 Å². The normalized spacial score (nSPS) is 15.4. The van der Waals surface area contributed by atoms with Crippen LogP contribution in [0.1, 0.15) is 38.9 Å². The number of aliphatic hydroxyl groups excluding tert-OH is 1. The molecule has 17 heavy (non-hydrogen) atoms. The van der Waals surface area contributed by atoms with Gasteiger partial charge in [-0.25, -0.2) is 0 Å². The molecule has 0 saturated carbocycles. The van der Waals surface area contributed by atoms with E-state index >= 15 is 0 Å². The summed E-state index contributed by atoms with van der Waals surface area (Å²) in [4.78, 5) is 0. The molecule has 0 amide bonds. The lowest BCUT2D eigenvalue weighted by Gasteiger charge is -2.29. The number of rotatable bonds is 4. The Morgan fingerprint density at radius 1 is 1.35 bits per heavy atom. The molecule has 0 unspecified atom stereocenters. The zero-order valence-electron chi connectivity index (χ0n) is 11.1. The molecule has 1 aromatic rings. The van der Waals surface area contributed by atoms with E-state index in [1.54, 1.807) is 7.11 Å². The number of methoxy groups -OCH3 is 1. The van der Waals surface area contributed by atoms with Crippen LogP contribution in [0.15, 0.2) is 24.3 Å². The molecule has 0 saturated heterocycles. The van der Waals surface area contributed by atoms with E-state index in [-0.39, 0.29) is 11.5 Å². The molecule has 0 aliphatic carbocycles. The molecule has 3 heteroatoms. The Morgan fingerprint density at radius 3 is 2.53 bits per heavy atom. The van der Waals surface area contributed by atoms with Gasteiger partial charge in [-0.1, -0.05) is 32.9 Å². The van der Waals surface area contributed by atoms with Crippen molar-refractivity contribution in [3.63, 3.8) is 0 Å². The maximum atomic E-state index is 10.1. The SMILES string of the molecule is COc1cccc([C@@H](O)C[C@H](N)C(C)(C)C)c1. The predicted octanol–water partition coefficient (Wildman–Crippen LogP) is 2.49. The van der Waals surface area contributed by atoms with E-state index in [0.717, 1.165) is 11.3 Å². The third kappa shape index (κ3) is 4.02.